The number of hydrogen-bond donors (Lipinski definition) is 3. The number of rotatable bonds is 10. The maximum atomic E-state index is 13.3. The highest BCUT2D eigenvalue weighted by molar-refractivity contribution is 7.90. The van der Waals surface area contributed by atoms with Gasteiger partial charge in [-0.15, -0.1) is 0 Å². The lowest BCUT2D eigenvalue weighted by atomic mass is 10.0. The molecule has 0 bridgehead atoms. The molecule has 2 saturated heterocycles. The number of piperazine rings is 1. The third-order valence-electron chi connectivity index (χ3n) is 7.29. The average molecular weight is 596 g/mol. The van der Waals surface area contributed by atoms with E-state index in [2.05, 4.69) is 20.3 Å². The van der Waals surface area contributed by atoms with Crippen LogP contribution in [0.15, 0.2) is 71.6 Å². The van der Waals surface area contributed by atoms with Crippen LogP contribution in [0.5, 0.6) is 11.5 Å². The van der Waals surface area contributed by atoms with E-state index in [1.54, 1.807) is 36.4 Å². The highest BCUT2D eigenvalue weighted by atomic mass is 32.2. The van der Waals surface area contributed by atoms with Crippen LogP contribution in [0.4, 0.5) is 17.1 Å². The summed E-state index contributed by atoms with van der Waals surface area (Å²) < 4.78 is 39.9. The Bertz CT molecular complexity index is 1520. The number of hydrogen-bond acceptors (Lipinski definition) is 10. The topological polar surface area (TPSA) is 152 Å². The van der Waals surface area contributed by atoms with Crippen molar-refractivity contribution in [3.8, 4) is 11.5 Å². The molecule has 2 aliphatic rings. The van der Waals surface area contributed by atoms with Crippen LogP contribution in [0, 0.1) is 16.0 Å². The second-order valence-electron chi connectivity index (χ2n) is 10.1. The van der Waals surface area contributed by atoms with Gasteiger partial charge in [-0.2, -0.15) is 0 Å². The number of anilines is 2. The van der Waals surface area contributed by atoms with Crippen molar-refractivity contribution in [2.75, 3.05) is 56.2 Å². The number of nitro groups is 1. The summed E-state index contributed by atoms with van der Waals surface area (Å²) in [4.78, 5) is 26.3. The van der Waals surface area contributed by atoms with Crippen LogP contribution in [0.2, 0.25) is 0 Å². The fourth-order valence-electron chi connectivity index (χ4n) is 4.94. The molecule has 0 radical (unpaired) electrons. The van der Waals surface area contributed by atoms with Gasteiger partial charge in [0.2, 0.25) is 0 Å². The van der Waals surface area contributed by atoms with Crippen molar-refractivity contribution in [2.24, 2.45) is 5.92 Å². The van der Waals surface area contributed by atoms with Crippen LogP contribution >= 0.6 is 0 Å². The van der Waals surface area contributed by atoms with Crippen molar-refractivity contribution in [1.82, 2.24) is 10.0 Å². The predicted molar refractivity (Wildman–Crippen MR) is 158 cm³/mol. The first-order valence-corrected chi connectivity index (χ1v) is 15.3. The number of carbonyl (C=O) groups excluding carboxylic acids is 1. The van der Waals surface area contributed by atoms with Gasteiger partial charge in [0.1, 0.15) is 17.2 Å². The smallest absolute Gasteiger partial charge is 0.293 e. The summed E-state index contributed by atoms with van der Waals surface area (Å²) in [7, 11) is -4.46. The summed E-state index contributed by atoms with van der Waals surface area (Å²) in [6.45, 7) is 4.94. The molecule has 0 spiro atoms. The van der Waals surface area contributed by atoms with Crippen LogP contribution in [-0.2, 0) is 14.8 Å². The molecule has 2 fully saturated rings. The molecular formula is C29H33N5O7S. The fraction of sp³-hybridized carbons (Fsp3) is 0.345. The van der Waals surface area contributed by atoms with Gasteiger partial charge in [-0.25, -0.2) is 13.1 Å². The third kappa shape index (κ3) is 7.16. The molecule has 3 aromatic rings. The normalized spacial score (nSPS) is 16.0. The summed E-state index contributed by atoms with van der Waals surface area (Å²) in [5, 5.41) is 18.2. The van der Waals surface area contributed by atoms with E-state index in [1.807, 2.05) is 6.07 Å². The van der Waals surface area contributed by atoms with Crippen molar-refractivity contribution in [1.29, 1.82) is 0 Å². The molecule has 5 rings (SSSR count). The number of nitrogens with zero attached hydrogens (tertiary/aromatic N) is 2. The van der Waals surface area contributed by atoms with E-state index in [9.17, 15) is 23.3 Å². The zero-order valence-corrected chi connectivity index (χ0v) is 23.8. The zero-order chi connectivity index (χ0) is 29.5. The summed E-state index contributed by atoms with van der Waals surface area (Å²) in [6.07, 6.45) is 1.68. The second kappa shape index (κ2) is 13.2. The Morgan fingerprint density at radius 2 is 1.79 bits per heavy atom. The standard InChI is InChI=1S/C29H33N5O7S/c35-29(25-8-6-22(33-14-12-30-13-15-33)18-28(25)41-23-4-2-1-3-5-23)32-42(38,39)24-7-9-26(27(19-24)34(36)37)31-20-21-10-16-40-17-11-21/h1-9,18-19,21,30-31H,10-17,20H2,(H,32,35). The van der Waals surface area contributed by atoms with Crippen LogP contribution in [0.25, 0.3) is 0 Å². The Labute approximate surface area is 244 Å². The monoisotopic (exact) mass is 595 g/mol. The van der Waals surface area contributed by atoms with Crippen LogP contribution < -0.4 is 25.0 Å². The summed E-state index contributed by atoms with van der Waals surface area (Å²) in [5.74, 6) is 0.0402. The minimum atomic E-state index is -4.46. The maximum absolute atomic E-state index is 13.3. The number of ether oxygens (including phenoxy) is 2. The van der Waals surface area contributed by atoms with E-state index in [-0.39, 0.29) is 17.0 Å². The van der Waals surface area contributed by atoms with Gasteiger partial charge < -0.3 is 25.0 Å². The van der Waals surface area contributed by atoms with Crippen molar-refractivity contribution < 1.29 is 27.6 Å². The Morgan fingerprint density at radius 3 is 2.50 bits per heavy atom. The van der Waals surface area contributed by atoms with Gasteiger partial charge in [-0.05, 0) is 55.2 Å². The Kier molecular flexibility index (Phi) is 9.20. The fourth-order valence-corrected chi connectivity index (χ4v) is 5.92. The van der Waals surface area contributed by atoms with Gasteiger partial charge in [0, 0.05) is 63.8 Å². The van der Waals surface area contributed by atoms with Gasteiger partial charge in [0.05, 0.1) is 15.4 Å². The first-order valence-electron chi connectivity index (χ1n) is 13.8. The summed E-state index contributed by atoms with van der Waals surface area (Å²) in [6, 6.07) is 17.4. The van der Waals surface area contributed by atoms with Crippen LogP contribution in [-0.4, -0.2) is 65.2 Å². The van der Waals surface area contributed by atoms with Gasteiger partial charge in [-0.3, -0.25) is 14.9 Å². The highest BCUT2D eigenvalue weighted by Gasteiger charge is 2.26. The molecule has 13 heteroatoms. The number of sulfonamides is 1. The van der Waals surface area contributed by atoms with E-state index >= 15 is 0 Å². The number of carbonyl (C=O) groups is 1. The molecule has 12 nitrogen and oxygen atoms in total. The van der Waals surface area contributed by atoms with Crippen LogP contribution in [0.3, 0.4) is 0 Å². The van der Waals surface area contributed by atoms with E-state index in [0.717, 1.165) is 50.8 Å². The summed E-state index contributed by atoms with van der Waals surface area (Å²) >= 11 is 0. The second-order valence-corrected chi connectivity index (χ2v) is 11.8. The van der Waals surface area contributed by atoms with Gasteiger partial charge in [-0.1, -0.05) is 18.2 Å². The lowest BCUT2D eigenvalue weighted by Crippen LogP contribution is -2.43. The average Bonchev–Trinajstić information content (AvgIpc) is 3.01. The maximum Gasteiger partial charge on any atom is 0.293 e. The first-order chi connectivity index (χ1) is 20.3. The van der Waals surface area contributed by atoms with Crippen LogP contribution in [0.1, 0.15) is 23.2 Å². The molecule has 222 valence electrons. The molecule has 1 amide bonds. The molecule has 0 saturated carbocycles. The van der Waals surface area contributed by atoms with E-state index in [4.69, 9.17) is 9.47 Å². The van der Waals surface area contributed by atoms with E-state index < -0.39 is 31.4 Å². The molecule has 0 aliphatic carbocycles. The van der Waals surface area contributed by atoms with E-state index in [0.29, 0.717) is 31.4 Å². The molecule has 0 atom stereocenters. The lowest BCUT2D eigenvalue weighted by molar-refractivity contribution is -0.384. The molecule has 0 aromatic heterocycles. The van der Waals surface area contributed by atoms with Crippen molar-refractivity contribution in [3.63, 3.8) is 0 Å². The molecule has 3 aromatic carbocycles. The predicted octanol–water partition coefficient (Wildman–Crippen LogP) is 3.75. The molecule has 2 aliphatic heterocycles. The highest BCUT2D eigenvalue weighted by Crippen LogP contribution is 2.32. The molecule has 0 unspecified atom stereocenters. The lowest BCUT2D eigenvalue weighted by Gasteiger charge is -2.30. The quantitative estimate of drug-likeness (QED) is 0.233. The SMILES string of the molecule is O=C(NS(=O)(=O)c1ccc(NCC2CCOCC2)c([N+](=O)[O-])c1)c1ccc(N2CCNCC2)cc1Oc1ccccc1. The molecule has 42 heavy (non-hydrogen) atoms. The zero-order valence-electron chi connectivity index (χ0n) is 23.0. The molecule has 3 N–H and O–H groups in total. The summed E-state index contributed by atoms with van der Waals surface area (Å²) in [5.41, 5.74) is 0.650. The van der Waals surface area contributed by atoms with Gasteiger partial charge in [0.15, 0.2) is 0 Å². The number of amides is 1. The minimum absolute atomic E-state index is 0.00515. The van der Waals surface area contributed by atoms with Gasteiger partial charge in [0.25, 0.3) is 21.6 Å². The minimum Gasteiger partial charge on any atom is -0.456 e. The number of nitro benzene ring substituents is 1. The van der Waals surface area contributed by atoms with Crippen molar-refractivity contribution in [2.45, 2.75) is 17.7 Å². The number of benzene rings is 3. The Balaban J connectivity index is 1.37. The number of nitrogens with one attached hydrogen (secondary N) is 3. The Morgan fingerprint density at radius 1 is 1.05 bits per heavy atom. The largest absolute Gasteiger partial charge is 0.456 e. The third-order valence-corrected chi connectivity index (χ3v) is 8.62. The number of para-hydroxylation sites is 1. The van der Waals surface area contributed by atoms with Crippen molar-refractivity contribution in [3.05, 3.63) is 82.4 Å². The molecule has 2 heterocycles. The van der Waals surface area contributed by atoms with Crippen molar-refractivity contribution >= 4 is 33.0 Å². The molecular weight excluding hydrogens is 562 g/mol. The Hall–Kier alpha value is -4.20. The van der Waals surface area contributed by atoms with Gasteiger partial charge >= 0.3 is 0 Å². The first kappa shape index (κ1) is 29.3. The van der Waals surface area contributed by atoms with E-state index in [1.165, 1.54) is 18.2 Å².